The summed E-state index contributed by atoms with van der Waals surface area (Å²) in [6.45, 7) is 10.4. The summed E-state index contributed by atoms with van der Waals surface area (Å²) >= 11 is 0. The van der Waals surface area contributed by atoms with Crippen molar-refractivity contribution in [3.63, 3.8) is 0 Å². The molecule has 2 fully saturated rings. The fraction of sp³-hybridized carbons (Fsp3) is 0.424. The van der Waals surface area contributed by atoms with Crippen molar-refractivity contribution in [1.82, 2.24) is 29.6 Å². The Morgan fingerprint density at radius 2 is 1.67 bits per heavy atom. The number of rotatable bonds is 7. The molecule has 12 heteroatoms. The molecule has 2 aromatic carbocycles. The molecule has 2 saturated heterocycles. The Morgan fingerprint density at radius 3 is 2.36 bits per heavy atom. The number of benzene rings is 2. The molecule has 4 aromatic rings. The van der Waals surface area contributed by atoms with Crippen molar-refractivity contribution in [2.75, 3.05) is 49.6 Å². The normalized spacial score (nSPS) is 17.4. The Morgan fingerprint density at radius 1 is 0.956 bits per heavy atom. The van der Waals surface area contributed by atoms with Gasteiger partial charge in [0.1, 0.15) is 0 Å². The highest BCUT2D eigenvalue weighted by Crippen LogP contribution is 2.25. The highest BCUT2D eigenvalue weighted by molar-refractivity contribution is 5.95. The molecule has 2 aliphatic rings. The van der Waals surface area contributed by atoms with Gasteiger partial charge in [-0.2, -0.15) is 9.97 Å². The van der Waals surface area contributed by atoms with Crippen LogP contribution in [0.5, 0.6) is 0 Å². The number of carbonyl (C=O) groups is 2. The molecule has 1 unspecified atom stereocenters. The van der Waals surface area contributed by atoms with E-state index in [0.29, 0.717) is 67.3 Å². The molecule has 2 aliphatic heterocycles. The van der Waals surface area contributed by atoms with Crippen LogP contribution < -0.4 is 21.3 Å². The van der Waals surface area contributed by atoms with Crippen molar-refractivity contribution in [1.29, 1.82) is 0 Å². The summed E-state index contributed by atoms with van der Waals surface area (Å²) in [6.07, 6.45) is 3.57. The fourth-order valence-electron chi connectivity index (χ4n) is 5.68. The number of hydrogen-bond acceptors (Lipinski definition) is 9. The summed E-state index contributed by atoms with van der Waals surface area (Å²) in [4.78, 5) is 44.2. The van der Waals surface area contributed by atoms with E-state index in [1.165, 1.54) is 5.56 Å². The first-order chi connectivity index (χ1) is 21.7. The van der Waals surface area contributed by atoms with Crippen molar-refractivity contribution in [3.05, 3.63) is 77.1 Å². The van der Waals surface area contributed by atoms with Gasteiger partial charge in [0, 0.05) is 61.8 Å². The molecule has 4 N–H and O–H groups in total. The van der Waals surface area contributed by atoms with Crippen molar-refractivity contribution in [2.24, 2.45) is 5.73 Å². The number of piperidine rings is 1. The molecule has 0 saturated carbocycles. The smallest absolute Gasteiger partial charge is 0.254 e. The summed E-state index contributed by atoms with van der Waals surface area (Å²) in [5, 5.41) is 6.59. The summed E-state index contributed by atoms with van der Waals surface area (Å²) in [5.41, 5.74) is 9.85. The van der Waals surface area contributed by atoms with E-state index in [1.807, 2.05) is 59.6 Å². The fourth-order valence-corrected chi connectivity index (χ4v) is 5.68. The Kier molecular flexibility index (Phi) is 8.68. The second kappa shape index (κ2) is 12.8. The largest absolute Gasteiger partial charge is 0.378 e. The average molecular weight is 612 g/mol. The van der Waals surface area contributed by atoms with E-state index in [-0.39, 0.29) is 29.8 Å². The third-order valence-electron chi connectivity index (χ3n) is 8.32. The van der Waals surface area contributed by atoms with Gasteiger partial charge in [-0.1, -0.05) is 32.9 Å². The van der Waals surface area contributed by atoms with Gasteiger partial charge >= 0.3 is 0 Å². The minimum atomic E-state index is -0.0857. The molecule has 0 aliphatic carbocycles. The van der Waals surface area contributed by atoms with Gasteiger partial charge in [-0.05, 0) is 60.2 Å². The zero-order chi connectivity index (χ0) is 31.6. The van der Waals surface area contributed by atoms with Crippen LogP contribution in [0.4, 0.5) is 17.6 Å². The van der Waals surface area contributed by atoms with Crippen molar-refractivity contribution in [2.45, 2.75) is 51.6 Å². The molecule has 4 heterocycles. The number of hydrogen-bond donors (Lipinski definition) is 3. The second-order valence-electron chi connectivity index (χ2n) is 12.6. The molecule has 0 spiro atoms. The first kappa shape index (κ1) is 30.5. The summed E-state index contributed by atoms with van der Waals surface area (Å²) in [6, 6.07) is 15.1. The van der Waals surface area contributed by atoms with E-state index >= 15 is 0 Å². The second-order valence-corrected chi connectivity index (χ2v) is 12.6. The van der Waals surface area contributed by atoms with Crippen LogP contribution in [0, 0.1) is 0 Å². The SMILES string of the molecule is CC(C)(C)c1ccc(C(=O)NC2CCCN(c3nc(Nc4ccc(C(=O)N5CCOCC5)cc4)n4cc(CN)nc4n3)C2)cc1. The van der Waals surface area contributed by atoms with Gasteiger partial charge in [-0.25, -0.2) is 4.98 Å². The molecule has 6 rings (SSSR count). The molecule has 12 nitrogen and oxygen atoms in total. The van der Waals surface area contributed by atoms with Crippen LogP contribution >= 0.6 is 0 Å². The number of imidazole rings is 1. The maximum atomic E-state index is 13.1. The van der Waals surface area contributed by atoms with Crippen LogP contribution in [-0.4, -0.2) is 81.5 Å². The third-order valence-corrected chi connectivity index (χ3v) is 8.32. The predicted molar refractivity (Wildman–Crippen MR) is 173 cm³/mol. The van der Waals surface area contributed by atoms with E-state index in [1.54, 1.807) is 4.40 Å². The summed E-state index contributed by atoms with van der Waals surface area (Å²) in [5.74, 6) is 1.43. The number of fused-ring (bicyclic) bond motifs is 1. The van der Waals surface area contributed by atoms with Crippen LogP contribution in [0.1, 0.15) is 65.6 Å². The highest BCUT2D eigenvalue weighted by Gasteiger charge is 2.26. The lowest BCUT2D eigenvalue weighted by atomic mass is 9.86. The number of morpholine rings is 1. The van der Waals surface area contributed by atoms with E-state index < -0.39 is 0 Å². The van der Waals surface area contributed by atoms with Crippen LogP contribution in [-0.2, 0) is 16.7 Å². The number of nitrogens with zero attached hydrogens (tertiary/aromatic N) is 6. The quantitative estimate of drug-likeness (QED) is 0.286. The predicted octanol–water partition coefficient (Wildman–Crippen LogP) is 3.50. The summed E-state index contributed by atoms with van der Waals surface area (Å²) in [7, 11) is 0. The average Bonchev–Trinajstić information content (AvgIpc) is 3.49. The number of nitrogens with two attached hydrogens (primary N) is 1. The summed E-state index contributed by atoms with van der Waals surface area (Å²) < 4.78 is 7.15. The van der Waals surface area contributed by atoms with Crippen LogP contribution in [0.15, 0.2) is 54.7 Å². The first-order valence-electron chi connectivity index (χ1n) is 15.5. The van der Waals surface area contributed by atoms with Crippen LogP contribution in [0.25, 0.3) is 5.78 Å². The monoisotopic (exact) mass is 611 g/mol. The lowest BCUT2D eigenvalue weighted by Gasteiger charge is -2.33. The molecule has 2 aromatic heterocycles. The van der Waals surface area contributed by atoms with Crippen LogP contribution in [0.3, 0.4) is 0 Å². The molecular formula is C33H41N9O3. The topological polar surface area (TPSA) is 143 Å². The van der Waals surface area contributed by atoms with Gasteiger partial charge in [-0.15, -0.1) is 0 Å². The van der Waals surface area contributed by atoms with Gasteiger partial charge in [0.2, 0.25) is 17.7 Å². The number of nitrogens with one attached hydrogen (secondary N) is 2. The number of carbonyl (C=O) groups excluding carboxylic acids is 2. The standard InChI is InChI=1S/C33H41N9O3/c1-33(2,3)24-10-6-22(7-11-24)28(43)35-26-5-4-14-41(20-26)30-38-31(42-21-27(19-34)37-32(42)39-30)36-25-12-8-23(9-13-25)29(44)40-15-17-45-18-16-40/h6-13,21,26H,4-5,14-20,34H2,1-3H3,(H,35,43)(H,36,37,38,39). The van der Waals surface area contributed by atoms with Crippen molar-refractivity contribution < 1.29 is 14.3 Å². The third kappa shape index (κ3) is 6.91. The minimum Gasteiger partial charge on any atom is -0.378 e. The zero-order valence-corrected chi connectivity index (χ0v) is 26.1. The van der Waals surface area contributed by atoms with Crippen molar-refractivity contribution >= 4 is 35.2 Å². The molecule has 0 radical (unpaired) electrons. The van der Waals surface area contributed by atoms with Gasteiger partial charge in [0.25, 0.3) is 11.8 Å². The highest BCUT2D eigenvalue weighted by atomic mass is 16.5. The number of amides is 2. The lowest BCUT2D eigenvalue weighted by Crippen LogP contribution is -2.48. The Labute approximate surface area is 263 Å². The number of ether oxygens (including phenoxy) is 1. The molecule has 1 atom stereocenters. The molecule has 45 heavy (non-hydrogen) atoms. The Balaban J connectivity index is 1.18. The van der Waals surface area contributed by atoms with Gasteiger partial charge in [-0.3, -0.25) is 14.0 Å². The Bertz CT molecular complexity index is 1660. The lowest BCUT2D eigenvalue weighted by molar-refractivity contribution is 0.0303. The van der Waals surface area contributed by atoms with E-state index in [4.69, 9.17) is 20.4 Å². The maximum Gasteiger partial charge on any atom is 0.254 e. The van der Waals surface area contributed by atoms with Gasteiger partial charge in [0.15, 0.2) is 0 Å². The minimum absolute atomic E-state index is 0.00701. The van der Waals surface area contributed by atoms with Gasteiger partial charge in [0.05, 0.1) is 18.9 Å². The van der Waals surface area contributed by atoms with E-state index in [2.05, 4.69) is 41.3 Å². The van der Waals surface area contributed by atoms with Crippen molar-refractivity contribution in [3.8, 4) is 0 Å². The molecule has 2 amide bonds. The number of anilines is 3. The maximum absolute atomic E-state index is 13.1. The van der Waals surface area contributed by atoms with E-state index in [0.717, 1.165) is 25.1 Å². The molecular weight excluding hydrogens is 570 g/mol. The van der Waals surface area contributed by atoms with Crippen LogP contribution in [0.2, 0.25) is 0 Å². The van der Waals surface area contributed by atoms with Gasteiger partial charge < -0.3 is 30.9 Å². The zero-order valence-electron chi connectivity index (χ0n) is 26.1. The van der Waals surface area contributed by atoms with E-state index in [9.17, 15) is 9.59 Å². The number of aromatic nitrogens is 4. The first-order valence-corrected chi connectivity index (χ1v) is 15.5. The molecule has 0 bridgehead atoms. The Hall–Kier alpha value is -4.55. The molecule has 236 valence electrons.